The van der Waals surface area contributed by atoms with Gasteiger partial charge in [-0.3, -0.25) is 0 Å². The smallest absolute Gasteiger partial charge is 0.330 e. The van der Waals surface area contributed by atoms with Gasteiger partial charge >= 0.3 is 5.97 Å². The second-order valence-corrected chi connectivity index (χ2v) is 5.23. The van der Waals surface area contributed by atoms with Crippen molar-refractivity contribution < 1.29 is 9.90 Å². The lowest BCUT2D eigenvalue weighted by molar-refractivity contribution is -0.132. The van der Waals surface area contributed by atoms with Crippen molar-refractivity contribution >= 4 is 17.7 Å². The Labute approximate surface area is 107 Å². The molecule has 0 aliphatic carbocycles. The minimum absolute atomic E-state index is 0.415. The molecule has 17 heavy (non-hydrogen) atoms. The predicted molar refractivity (Wildman–Crippen MR) is 73.5 cm³/mol. The highest BCUT2D eigenvalue weighted by molar-refractivity contribution is 7.98. The van der Waals surface area contributed by atoms with E-state index in [0.29, 0.717) is 5.57 Å². The van der Waals surface area contributed by atoms with E-state index in [2.05, 4.69) is 32.0 Å². The average molecular weight is 250 g/mol. The molecule has 0 spiro atoms. The van der Waals surface area contributed by atoms with Gasteiger partial charge in [-0.1, -0.05) is 35.4 Å². The Morgan fingerprint density at radius 3 is 2.41 bits per heavy atom. The first-order valence-corrected chi connectivity index (χ1v) is 6.69. The zero-order chi connectivity index (χ0) is 12.8. The fourth-order valence-corrected chi connectivity index (χ4v) is 2.49. The van der Waals surface area contributed by atoms with Crippen molar-refractivity contribution in [3.8, 4) is 0 Å². The highest BCUT2D eigenvalue weighted by Gasteiger charge is 1.99. The predicted octanol–water partition coefficient (Wildman–Crippen LogP) is 3.57. The standard InChI is InChI=1S/C14H18O2S/c1-10-6-11(2)8-13(7-10)9-17-5-4-12(3)14(15)16/h4,6-8H,5,9H2,1-3H3,(H,15,16). The molecular formula is C14H18O2S. The first-order valence-electron chi connectivity index (χ1n) is 5.54. The third kappa shape index (κ3) is 5.09. The Morgan fingerprint density at radius 1 is 1.29 bits per heavy atom. The number of carboxylic acid groups (broad SMARTS) is 1. The summed E-state index contributed by atoms with van der Waals surface area (Å²) in [5.74, 6) is 0.828. The van der Waals surface area contributed by atoms with E-state index in [1.807, 2.05) is 0 Å². The van der Waals surface area contributed by atoms with Gasteiger partial charge in [0.05, 0.1) is 0 Å². The van der Waals surface area contributed by atoms with E-state index < -0.39 is 5.97 Å². The maximum atomic E-state index is 10.6. The molecule has 0 saturated carbocycles. The van der Waals surface area contributed by atoms with Crippen LogP contribution in [0.15, 0.2) is 29.8 Å². The van der Waals surface area contributed by atoms with E-state index in [0.717, 1.165) is 11.5 Å². The van der Waals surface area contributed by atoms with Crippen LogP contribution in [0.3, 0.4) is 0 Å². The Bertz CT molecular complexity index is 416. The lowest BCUT2D eigenvalue weighted by atomic mass is 10.1. The number of benzene rings is 1. The monoisotopic (exact) mass is 250 g/mol. The molecule has 0 aliphatic rings. The Hall–Kier alpha value is -1.22. The maximum Gasteiger partial charge on any atom is 0.330 e. The van der Waals surface area contributed by atoms with Crippen LogP contribution in [0.1, 0.15) is 23.6 Å². The summed E-state index contributed by atoms with van der Waals surface area (Å²) in [6.45, 7) is 5.81. The number of hydrogen-bond acceptors (Lipinski definition) is 2. The number of aliphatic carboxylic acids is 1. The van der Waals surface area contributed by atoms with Gasteiger partial charge in [0.1, 0.15) is 0 Å². The Kier molecular flexibility index (Phi) is 5.29. The van der Waals surface area contributed by atoms with Crippen molar-refractivity contribution in [2.75, 3.05) is 5.75 Å². The van der Waals surface area contributed by atoms with Crippen molar-refractivity contribution in [1.82, 2.24) is 0 Å². The van der Waals surface area contributed by atoms with Gasteiger partial charge in [0, 0.05) is 17.1 Å². The molecule has 2 nitrogen and oxygen atoms in total. The third-order valence-electron chi connectivity index (χ3n) is 2.39. The van der Waals surface area contributed by atoms with Gasteiger partial charge in [0.25, 0.3) is 0 Å². The fourth-order valence-electron chi connectivity index (χ4n) is 1.60. The summed E-state index contributed by atoms with van der Waals surface area (Å²) in [4.78, 5) is 10.6. The second-order valence-electron chi connectivity index (χ2n) is 4.20. The van der Waals surface area contributed by atoms with Crippen LogP contribution in [0.25, 0.3) is 0 Å². The summed E-state index contributed by atoms with van der Waals surface area (Å²) in [6, 6.07) is 6.50. The molecule has 0 aliphatic heterocycles. The fraction of sp³-hybridized carbons (Fsp3) is 0.357. The molecule has 0 fully saturated rings. The highest BCUT2D eigenvalue weighted by Crippen LogP contribution is 2.16. The molecule has 1 rings (SSSR count). The van der Waals surface area contributed by atoms with E-state index in [9.17, 15) is 4.79 Å². The topological polar surface area (TPSA) is 37.3 Å². The van der Waals surface area contributed by atoms with Gasteiger partial charge in [-0.2, -0.15) is 11.8 Å². The SMILES string of the molecule is CC(=CCSCc1cc(C)cc(C)c1)C(=O)O. The molecule has 1 aromatic rings. The summed E-state index contributed by atoms with van der Waals surface area (Å²) in [7, 11) is 0. The van der Waals surface area contributed by atoms with E-state index in [-0.39, 0.29) is 0 Å². The Morgan fingerprint density at radius 2 is 1.88 bits per heavy atom. The van der Waals surface area contributed by atoms with Gasteiger partial charge in [0.15, 0.2) is 0 Å². The minimum Gasteiger partial charge on any atom is -0.478 e. The summed E-state index contributed by atoms with van der Waals surface area (Å²) in [5.41, 5.74) is 4.27. The normalized spacial score (nSPS) is 11.6. The van der Waals surface area contributed by atoms with Crippen molar-refractivity contribution in [3.05, 3.63) is 46.5 Å². The van der Waals surface area contributed by atoms with Gasteiger partial charge in [-0.05, 0) is 26.3 Å². The molecule has 0 aromatic heterocycles. The van der Waals surface area contributed by atoms with E-state index in [1.54, 1.807) is 24.8 Å². The van der Waals surface area contributed by atoms with Gasteiger partial charge in [-0.25, -0.2) is 4.79 Å². The first kappa shape index (κ1) is 13.8. The molecule has 92 valence electrons. The molecule has 0 amide bonds. The van der Waals surface area contributed by atoms with Crippen LogP contribution in [0, 0.1) is 13.8 Å². The van der Waals surface area contributed by atoms with Crippen LogP contribution in [0.4, 0.5) is 0 Å². The van der Waals surface area contributed by atoms with Crippen molar-refractivity contribution in [2.24, 2.45) is 0 Å². The van der Waals surface area contributed by atoms with Gasteiger partial charge in [0.2, 0.25) is 0 Å². The van der Waals surface area contributed by atoms with E-state index >= 15 is 0 Å². The van der Waals surface area contributed by atoms with Gasteiger partial charge in [-0.15, -0.1) is 0 Å². The number of carbonyl (C=O) groups is 1. The number of carboxylic acids is 1. The third-order valence-corrected chi connectivity index (χ3v) is 3.33. The molecular weight excluding hydrogens is 232 g/mol. The van der Waals surface area contributed by atoms with E-state index in [4.69, 9.17) is 5.11 Å². The minimum atomic E-state index is -0.836. The lowest BCUT2D eigenvalue weighted by Gasteiger charge is -2.04. The van der Waals surface area contributed by atoms with Crippen LogP contribution >= 0.6 is 11.8 Å². The number of aryl methyl sites for hydroxylation is 2. The lowest BCUT2D eigenvalue weighted by Crippen LogP contribution is -1.96. The number of rotatable bonds is 5. The Balaban J connectivity index is 2.46. The van der Waals surface area contributed by atoms with E-state index in [1.165, 1.54) is 16.7 Å². The molecule has 0 saturated heterocycles. The van der Waals surface area contributed by atoms with Crippen LogP contribution in [-0.4, -0.2) is 16.8 Å². The molecule has 0 heterocycles. The summed E-state index contributed by atoms with van der Waals surface area (Å²) < 4.78 is 0. The van der Waals surface area contributed by atoms with Crippen LogP contribution in [0.2, 0.25) is 0 Å². The summed E-state index contributed by atoms with van der Waals surface area (Å²) in [6.07, 6.45) is 1.76. The zero-order valence-corrected chi connectivity index (χ0v) is 11.3. The molecule has 0 radical (unpaired) electrons. The van der Waals surface area contributed by atoms with Crippen molar-refractivity contribution in [1.29, 1.82) is 0 Å². The largest absolute Gasteiger partial charge is 0.478 e. The maximum absolute atomic E-state index is 10.6. The van der Waals surface area contributed by atoms with Crippen molar-refractivity contribution in [2.45, 2.75) is 26.5 Å². The molecule has 1 aromatic carbocycles. The average Bonchev–Trinajstić information content (AvgIpc) is 2.22. The number of hydrogen-bond donors (Lipinski definition) is 1. The molecule has 3 heteroatoms. The van der Waals surface area contributed by atoms with Crippen molar-refractivity contribution in [3.63, 3.8) is 0 Å². The zero-order valence-electron chi connectivity index (χ0n) is 10.5. The first-order chi connectivity index (χ1) is 7.99. The van der Waals surface area contributed by atoms with Gasteiger partial charge < -0.3 is 5.11 Å². The molecule has 1 N–H and O–H groups in total. The molecule has 0 unspecified atom stereocenters. The summed E-state index contributed by atoms with van der Waals surface area (Å²) in [5, 5.41) is 8.69. The molecule has 0 bridgehead atoms. The number of thioether (sulfide) groups is 1. The highest BCUT2D eigenvalue weighted by atomic mass is 32.2. The van der Waals surface area contributed by atoms with Crippen LogP contribution < -0.4 is 0 Å². The van der Waals surface area contributed by atoms with Crippen LogP contribution in [-0.2, 0) is 10.5 Å². The van der Waals surface area contributed by atoms with Crippen LogP contribution in [0.5, 0.6) is 0 Å². The quantitative estimate of drug-likeness (QED) is 0.641. The molecule has 0 atom stereocenters. The summed E-state index contributed by atoms with van der Waals surface area (Å²) >= 11 is 1.73. The second kappa shape index (κ2) is 6.50.